The van der Waals surface area contributed by atoms with Crippen LogP contribution in [0.1, 0.15) is 5.82 Å². The maximum Gasteiger partial charge on any atom is 0.262 e. The largest absolute Gasteiger partial charge is 0.493 e. The van der Waals surface area contributed by atoms with Gasteiger partial charge in [-0.3, -0.25) is 4.79 Å². The topological polar surface area (TPSA) is 92.0 Å². The third-order valence-corrected chi connectivity index (χ3v) is 2.28. The quantitative estimate of drug-likeness (QED) is 0.715. The first-order valence-corrected chi connectivity index (χ1v) is 4.90. The molecule has 2 aromatic rings. The van der Waals surface area contributed by atoms with Crippen molar-refractivity contribution in [3.05, 3.63) is 46.3 Å². The highest BCUT2D eigenvalue weighted by Gasteiger charge is 2.12. The van der Waals surface area contributed by atoms with Crippen LogP contribution in [0.15, 0.2) is 29.1 Å². The number of rotatable bonds is 2. The number of nitrogens with one attached hydrogen (secondary N) is 1. The molecule has 0 unspecified atom stereocenters. The molecule has 6 heteroatoms. The van der Waals surface area contributed by atoms with Crippen molar-refractivity contribution in [1.82, 2.24) is 9.97 Å². The van der Waals surface area contributed by atoms with Crippen molar-refractivity contribution in [2.45, 2.75) is 6.54 Å². The van der Waals surface area contributed by atoms with Crippen molar-refractivity contribution in [1.29, 1.82) is 0 Å². The highest BCUT2D eigenvalue weighted by Crippen LogP contribution is 2.23. The van der Waals surface area contributed by atoms with Crippen LogP contribution >= 0.6 is 0 Å². The van der Waals surface area contributed by atoms with Crippen LogP contribution in [0.3, 0.4) is 0 Å². The maximum absolute atomic E-state index is 12.7. The van der Waals surface area contributed by atoms with E-state index in [1.807, 2.05) is 0 Å². The lowest BCUT2D eigenvalue weighted by molar-refractivity contribution is 0.450. The molecule has 0 aliphatic carbocycles. The molecule has 1 aromatic carbocycles. The Balaban J connectivity index is 2.60. The minimum Gasteiger partial charge on any atom is -0.493 e. The first kappa shape index (κ1) is 11.3. The molecule has 0 aliphatic heterocycles. The van der Waals surface area contributed by atoms with Crippen LogP contribution in [0.4, 0.5) is 4.39 Å². The molecule has 4 N–H and O–H groups in total. The second-order valence-corrected chi connectivity index (χ2v) is 3.42. The highest BCUT2D eigenvalue weighted by atomic mass is 19.1. The Morgan fingerprint density at radius 3 is 2.53 bits per heavy atom. The summed E-state index contributed by atoms with van der Waals surface area (Å²) in [6.07, 6.45) is 0. The third kappa shape index (κ3) is 2.16. The standard InChI is InChI=1S/C11H10FN3O2/c12-7-3-1-6(2-4-7)9-10(16)14-8(5-13)15-11(9)17/h1-4H,5,13H2,(H2,14,15,16,17). The van der Waals surface area contributed by atoms with Gasteiger partial charge in [-0.2, -0.15) is 4.98 Å². The molecule has 5 nitrogen and oxygen atoms in total. The molecule has 0 spiro atoms. The molecule has 88 valence electrons. The molecule has 0 fully saturated rings. The van der Waals surface area contributed by atoms with Crippen LogP contribution in [0, 0.1) is 5.82 Å². The molecule has 2 rings (SSSR count). The van der Waals surface area contributed by atoms with Crippen molar-refractivity contribution >= 4 is 0 Å². The second-order valence-electron chi connectivity index (χ2n) is 3.42. The number of aromatic hydroxyl groups is 1. The highest BCUT2D eigenvalue weighted by molar-refractivity contribution is 5.66. The van der Waals surface area contributed by atoms with Crippen molar-refractivity contribution in [3.63, 3.8) is 0 Å². The Bertz CT molecular complexity index is 593. The number of nitrogens with two attached hydrogens (primary N) is 1. The van der Waals surface area contributed by atoms with Crippen LogP contribution < -0.4 is 11.3 Å². The lowest BCUT2D eigenvalue weighted by Gasteiger charge is -2.04. The summed E-state index contributed by atoms with van der Waals surface area (Å²) in [5, 5.41) is 9.65. The van der Waals surface area contributed by atoms with Gasteiger partial charge in [0.15, 0.2) is 0 Å². The van der Waals surface area contributed by atoms with Crippen LogP contribution in [-0.4, -0.2) is 15.1 Å². The lowest BCUT2D eigenvalue weighted by Crippen LogP contribution is -2.16. The molecule has 0 bridgehead atoms. The number of hydrogen-bond donors (Lipinski definition) is 3. The Hall–Kier alpha value is -2.21. The number of aromatic nitrogens is 2. The second kappa shape index (κ2) is 4.34. The van der Waals surface area contributed by atoms with Gasteiger partial charge in [0, 0.05) is 0 Å². The normalized spacial score (nSPS) is 10.5. The molecule has 0 saturated heterocycles. The minimum atomic E-state index is -0.510. The summed E-state index contributed by atoms with van der Waals surface area (Å²) in [6, 6.07) is 5.18. The third-order valence-electron chi connectivity index (χ3n) is 2.28. The van der Waals surface area contributed by atoms with Gasteiger partial charge in [-0.05, 0) is 17.7 Å². The molecule has 0 amide bonds. The first-order valence-electron chi connectivity index (χ1n) is 4.90. The summed E-state index contributed by atoms with van der Waals surface area (Å²) in [5.41, 5.74) is 5.19. The van der Waals surface area contributed by atoms with E-state index in [1.165, 1.54) is 24.3 Å². The SMILES string of the molecule is NCc1nc(O)c(-c2ccc(F)cc2)c(=O)[nH]1. The zero-order valence-corrected chi connectivity index (χ0v) is 8.77. The number of nitrogens with zero attached hydrogens (tertiary/aromatic N) is 1. The number of H-pyrrole nitrogens is 1. The van der Waals surface area contributed by atoms with E-state index in [0.717, 1.165) is 0 Å². The van der Waals surface area contributed by atoms with Gasteiger partial charge in [0.2, 0.25) is 5.88 Å². The fraction of sp³-hybridized carbons (Fsp3) is 0.0909. The Kier molecular flexibility index (Phi) is 2.88. The van der Waals surface area contributed by atoms with E-state index < -0.39 is 17.3 Å². The summed E-state index contributed by atoms with van der Waals surface area (Å²) in [5.74, 6) is -0.643. The predicted octanol–water partition coefficient (Wildman–Crippen LogP) is 0.740. The van der Waals surface area contributed by atoms with Crippen LogP contribution in [0.2, 0.25) is 0 Å². The monoisotopic (exact) mass is 235 g/mol. The predicted molar refractivity (Wildman–Crippen MR) is 59.8 cm³/mol. The van der Waals surface area contributed by atoms with Crippen molar-refractivity contribution < 1.29 is 9.50 Å². The molecule has 0 radical (unpaired) electrons. The Morgan fingerprint density at radius 2 is 2.00 bits per heavy atom. The average Bonchev–Trinajstić information content (AvgIpc) is 2.30. The summed E-state index contributed by atoms with van der Waals surface area (Å²) < 4.78 is 12.7. The van der Waals surface area contributed by atoms with E-state index in [1.54, 1.807) is 0 Å². The average molecular weight is 235 g/mol. The van der Waals surface area contributed by atoms with E-state index in [-0.39, 0.29) is 17.9 Å². The van der Waals surface area contributed by atoms with Crippen molar-refractivity contribution in [2.24, 2.45) is 5.73 Å². The zero-order chi connectivity index (χ0) is 12.4. The van der Waals surface area contributed by atoms with E-state index in [2.05, 4.69) is 9.97 Å². The van der Waals surface area contributed by atoms with Gasteiger partial charge in [0.25, 0.3) is 5.56 Å². The maximum atomic E-state index is 12.7. The van der Waals surface area contributed by atoms with Gasteiger partial charge in [0.05, 0.1) is 6.54 Å². The van der Waals surface area contributed by atoms with Crippen LogP contribution in [-0.2, 0) is 6.54 Å². The molecule has 0 atom stereocenters. The van der Waals surface area contributed by atoms with Crippen LogP contribution in [0.5, 0.6) is 5.88 Å². The van der Waals surface area contributed by atoms with Crippen molar-refractivity contribution in [2.75, 3.05) is 0 Å². The van der Waals surface area contributed by atoms with Gasteiger partial charge in [-0.1, -0.05) is 12.1 Å². The summed E-state index contributed by atoms with van der Waals surface area (Å²) in [4.78, 5) is 17.9. The van der Waals surface area contributed by atoms with E-state index in [0.29, 0.717) is 5.56 Å². The fourth-order valence-electron chi connectivity index (χ4n) is 1.48. The van der Waals surface area contributed by atoms with Gasteiger partial charge < -0.3 is 15.8 Å². The number of aromatic amines is 1. The van der Waals surface area contributed by atoms with Crippen molar-refractivity contribution in [3.8, 4) is 17.0 Å². The molecular formula is C11H10FN3O2. The molecule has 17 heavy (non-hydrogen) atoms. The molecular weight excluding hydrogens is 225 g/mol. The minimum absolute atomic E-state index is 0.00204. The molecule has 0 aliphatic rings. The lowest BCUT2D eigenvalue weighted by atomic mass is 10.1. The molecule has 0 saturated carbocycles. The smallest absolute Gasteiger partial charge is 0.262 e. The van der Waals surface area contributed by atoms with Crippen LogP contribution in [0.25, 0.3) is 11.1 Å². The van der Waals surface area contributed by atoms with Gasteiger partial charge in [0.1, 0.15) is 17.2 Å². The Labute approximate surface area is 95.8 Å². The summed E-state index contributed by atoms with van der Waals surface area (Å²) in [6.45, 7) is 0.0203. The first-order chi connectivity index (χ1) is 8.11. The molecule has 1 aromatic heterocycles. The summed E-state index contributed by atoms with van der Waals surface area (Å²) in [7, 11) is 0. The van der Waals surface area contributed by atoms with E-state index in [9.17, 15) is 14.3 Å². The number of benzene rings is 1. The van der Waals surface area contributed by atoms with E-state index in [4.69, 9.17) is 5.73 Å². The Morgan fingerprint density at radius 1 is 1.35 bits per heavy atom. The van der Waals surface area contributed by atoms with E-state index >= 15 is 0 Å². The van der Waals surface area contributed by atoms with Gasteiger partial charge in [-0.25, -0.2) is 4.39 Å². The fourth-order valence-corrected chi connectivity index (χ4v) is 1.48. The van der Waals surface area contributed by atoms with Gasteiger partial charge in [-0.15, -0.1) is 0 Å². The molecule has 1 heterocycles. The summed E-state index contributed by atoms with van der Waals surface area (Å²) >= 11 is 0. The number of hydrogen-bond acceptors (Lipinski definition) is 4. The zero-order valence-electron chi connectivity index (χ0n) is 8.77. The number of halogens is 1. The van der Waals surface area contributed by atoms with Gasteiger partial charge >= 0.3 is 0 Å².